The van der Waals surface area contributed by atoms with Gasteiger partial charge in [-0.1, -0.05) is 49.4 Å². The molecule has 3 N–H and O–H groups in total. The lowest BCUT2D eigenvalue weighted by molar-refractivity contribution is -0.118. The van der Waals surface area contributed by atoms with Gasteiger partial charge in [0, 0.05) is 48.3 Å². The molecule has 0 bridgehead atoms. The maximum Gasteiger partial charge on any atom is 0.318 e. The summed E-state index contributed by atoms with van der Waals surface area (Å²) in [5.74, 6) is 0.696. The average molecular weight is 568 g/mol. The monoisotopic (exact) mass is 567 g/mol. The summed E-state index contributed by atoms with van der Waals surface area (Å²) in [7, 11) is 5.70. The number of carbonyl (C=O) groups excluding carboxylic acids is 2. The van der Waals surface area contributed by atoms with Gasteiger partial charge in [-0.25, -0.2) is 4.79 Å². The summed E-state index contributed by atoms with van der Waals surface area (Å²) in [5, 5.41) is 7.24. The molecule has 8 nitrogen and oxygen atoms in total. The number of amides is 3. The van der Waals surface area contributed by atoms with E-state index in [0.29, 0.717) is 24.7 Å². The molecule has 4 aromatic rings. The summed E-state index contributed by atoms with van der Waals surface area (Å²) in [6.45, 7) is 4.01. The van der Waals surface area contributed by atoms with E-state index in [-0.39, 0.29) is 17.9 Å². The van der Waals surface area contributed by atoms with Crippen LogP contribution in [0.2, 0.25) is 0 Å². The number of likely N-dealkylation sites (tertiary alicyclic amines) is 1. The molecular weight excluding hydrogens is 526 g/mol. The Morgan fingerprint density at radius 1 is 1.02 bits per heavy atom. The van der Waals surface area contributed by atoms with Crippen molar-refractivity contribution in [1.29, 1.82) is 0 Å². The molecule has 42 heavy (non-hydrogen) atoms. The van der Waals surface area contributed by atoms with Crippen LogP contribution >= 0.6 is 0 Å². The molecule has 3 amide bonds. The molecule has 2 unspecified atom stereocenters. The van der Waals surface area contributed by atoms with E-state index in [4.69, 9.17) is 4.74 Å². The smallest absolute Gasteiger partial charge is 0.318 e. The fourth-order valence-electron chi connectivity index (χ4n) is 5.94. The third-order valence-corrected chi connectivity index (χ3v) is 8.21. The van der Waals surface area contributed by atoms with Crippen molar-refractivity contribution in [1.82, 2.24) is 20.1 Å². The van der Waals surface area contributed by atoms with Gasteiger partial charge in [-0.3, -0.25) is 4.79 Å². The van der Waals surface area contributed by atoms with Gasteiger partial charge in [0.1, 0.15) is 11.8 Å². The van der Waals surface area contributed by atoms with E-state index < -0.39 is 6.04 Å². The van der Waals surface area contributed by atoms with Crippen molar-refractivity contribution in [3.8, 4) is 5.75 Å². The van der Waals surface area contributed by atoms with Crippen LogP contribution in [-0.2, 0) is 11.3 Å². The minimum atomic E-state index is -0.773. The molecular formula is C34H41N5O3. The van der Waals surface area contributed by atoms with Gasteiger partial charge in [-0.15, -0.1) is 0 Å². The van der Waals surface area contributed by atoms with Crippen molar-refractivity contribution < 1.29 is 14.3 Å². The van der Waals surface area contributed by atoms with Crippen LogP contribution in [0, 0.1) is 0 Å². The molecule has 2 atom stereocenters. The van der Waals surface area contributed by atoms with Crippen LogP contribution in [-0.4, -0.2) is 67.1 Å². The number of piperidine rings is 1. The fraction of sp³-hybridized carbons (Fsp3) is 0.353. The maximum absolute atomic E-state index is 13.9. The topological polar surface area (TPSA) is 89.7 Å². The molecule has 1 aliphatic heterocycles. The Kier molecular flexibility index (Phi) is 9.12. The zero-order valence-corrected chi connectivity index (χ0v) is 24.9. The molecule has 0 radical (unpaired) electrons. The SMILES string of the molecule is COc1cccc(C2CCN(C(=O)NC(C(=O)Nc3cccc(CN(C)C)c3)C(C)c3c[nH]c4ccccc34)CC2)c1. The number of benzene rings is 3. The number of ether oxygens (including phenoxy) is 1. The molecule has 8 heteroatoms. The van der Waals surface area contributed by atoms with Crippen molar-refractivity contribution in [2.24, 2.45) is 0 Å². The van der Waals surface area contributed by atoms with Crippen LogP contribution in [0.25, 0.3) is 10.9 Å². The van der Waals surface area contributed by atoms with Gasteiger partial charge in [0.05, 0.1) is 7.11 Å². The number of aromatic nitrogens is 1. The van der Waals surface area contributed by atoms with Crippen molar-refractivity contribution in [3.63, 3.8) is 0 Å². The number of aromatic amines is 1. The van der Waals surface area contributed by atoms with Crippen molar-refractivity contribution in [2.75, 3.05) is 39.6 Å². The summed E-state index contributed by atoms with van der Waals surface area (Å²) < 4.78 is 5.40. The van der Waals surface area contributed by atoms with Crippen LogP contribution < -0.4 is 15.4 Å². The highest BCUT2D eigenvalue weighted by atomic mass is 16.5. The Bertz CT molecular complexity index is 1520. The number of urea groups is 1. The second-order valence-corrected chi connectivity index (χ2v) is 11.5. The molecule has 2 heterocycles. The summed E-state index contributed by atoms with van der Waals surface area (Å²) in [4.78, 5) is 34.7. The number of para-hydroxylation sites is 1. The van der Waals surface area contributed by atoms with E-state index in [1.807, 2.05) is 92.8 Å². The molecule has 1 aliphatic rings. The number of H-pyrrole nitrogens is 1. The molecule has 0 spiro atoms. The van der Waals surface area contributed by atoms with Crippen LogP contribution in [0.1, 0.15) is 48.3 Å². The number of methoxy groups -OCH3 is 1. The van der Waals surface area contributed by atoms with Gasteiger partial charge >= 0.3 is 6.03 Å². The van der Waals surface area contributed by atoms with Gasteiger partial charge in [-0.2, -0.15) is 0 Å². The second kappa shape index (κ2) is 13.1. The van der Waals surface area contributed by atoms with Crippen molar-refractivity contribution >= 4 is 28.5 Å². The standard InChI is InChI=1S/C34H41N5O3/c1-23(30-21-35-31-14-6-5-13-29(30)31)32(33(40)36-27-11-7-9-24(19-27)22-38(2)3)37-34(41)39-17-15-25(16-18-39)26-10-8-12-28(20-26)42-4/h5-14,19-21,23,25,32,35H,15-18,22H2,1-4H3,(H,36,40)(H,37,41). The first-order chi connectivity index (χ1) is 20.3. The number of rotatable bonds is 9. The Hall–Kier alpha value is -4.30. The minimum Gasteiger partial charge on any atom is -0.497 e. The normalized spacial score (nSPS) is 15.4. The van der Waals surface area contributed by atoms with E-state index in [2.05, 4.69) is 32.7 Å². The lowest BCUT2D eigenvalue weighted by Gasteiger charge is -2.34. The van der Waals surface area contributed by atoms with E-state index in [1.165, 1.54) is 5.56 Å². The lowest BCUT2D eigenvalue weighted by Crippen LogP contribution is -2.53. The zero-order chi connectivity index (χ0) is 29.6. The highest BCUT2D eigenvalue weighted by Crippen LogP contribution is 2.31. The summed E-state index contributed by atoms with van der Waals surface area (Å²) >= 11 is 0. The predicted molar refractivity (Wildman–Crippen MR) is 168 cm³/mol. The lowest BCUT2D eigenvalue weighted by atomic mass is 9.89. The van der Waals surface area contributed by atoms with E-state index in [9.17, 15) is 9.59 Å². The number of carbonyl (C=O) groups is 2. The van der Waals surface area contributed by atoms with E-state index in [0.717, 1.165) is 47.2 Å². The molecule has 5 rings (SSSR count). The average Bonchev–Trinajstić information content (AvgIpc) is 3.43. The number of anilines is 1. The van der Waals surface area contributed by atoms with Crippen LogP contribution in [0.4, 0.5) is 10.5 Å². The van der Waals surface area contributed by atoms with Crippen LogP contribution in [0.3, 0.4) is 0 Å². The van der Waals surface area contributed by atoms with E-state index >= 15 is 0 Å². The minimum absolute atomic E-state index is 0.215. The highest BCUT2D eigenvalue weighted by Gasteiger charge is 2.32. The Morgan fingerprint density at radius 2 is 1.79 bits per heavy atom. The van der Waals surface area contributed by atoms with Gasteiger partial charge in [0.25, 0.3) is 0 Å². The van der Waals surface area contributed by atoms with Gasteiger partial charge < -0.3 is 30.2 Å². The molecule has 1 fully saturated rings. The molecule has 0 aliphatic carbocycles. The predicted octanol–water partition coefficient (Wildman–Crippen LogP) is 5.94. The van der Waals surface area contributed by atoms with Gasteiger partial charge in [0.15, 0.2) is 0 Å². The van der Waals surface area contributed by atoms with Gasteiger partial charge in [-0.05, 0) is 79.9 Å². The summed E-state index contributed by atoms with van der Waals surface area (Å²) in [6, 6.07) is 23.1. The molecule has 1 saturated heterocycles. The van der Waals surface area contributed by atoms with Crippen LogP contribution in [0.5, 0.6) is 5.75 Å². The third kappa shape index (κ3) is 6.77. The summed E-state index contributed by atoms with van der Waals surface area (Å²) in [5.41, 5.74) is 5.03. The fourth-order valence-corrected chi connectivity index (χ4v) is 5.94. The van der Waals surface area contributed by atoms with Crippen LogP contribution in [0.15, 0.2) is 79.0 Å². The summed E-state index contributed by atoms with van der Waals surface area (Å²) in [6.07, 6.45) is 3.65. The van der Waals surface area contributed by atoms with Crippen molar-refractivity contribution in [2.45, 2.75) is 44.2 Å². The number of nitrogens with zero attached hydrogens (tertiary/aromatic N) is 2. The number of hydrogen-bond donors (Lipinski definition) is 3. The third-order valence-electron chi connectivity index (χ3n) is 8.21. The molecule has 1 aromatic heterocycles. The molecule has 220 valence electrons. The number of nitrogens with one attached hydrogen (secondary N) is 3. The first-order valence-electron chi connectivity index (χ1n) is 14.6. The number of fused-ring (bicyclic) bond motifs is 1. The van der Waals surface area contributed by atoms with E-state index in [1.54, 1.807) is 7.11 Å². The second-order valence-electron chi connectivity index (χ2n) is 11.5. The Morgan fingerprint density at radius 3 is 2.55 bits per heavy atom. The Labute approximate surface area is 248 Å². The maximum atomic E-state index is 13.9. The number of hydrogen-bond acceptors (Lipinski definition) is 4. The molecule has 3 aromatic carbocycles. The largest absolute Gasteiger partial charge is 0.497 e. The quantitative estimate of drug-likeness (QED) is 0.234. The Balaban J connectivity index is 1.33. The molecule has 0 saturated carbocycles. The zero-order valence-electron chi connectivity index (χ0n) is 24.9. The van der Waals surface area contributed by atoms with Crippen molar-refractivity contribution in [3.05, 3.63) is 95.7 Å². The van der Waals surface area contributed by atoms with Gasteiger partial charge in [0.2, 0.25) is 5.91 Å². The first kappa shape index (κ1) is 29.2. The highest BCUT2D eigenvalue weighted by molar-refractivity contribution is 5.98. The first-order valence-corrected chi connectivity index (χ1v) is 14.6.